The summed E-state index contributed by atoms with van der Waals surface area (Å²) in [7, 11) is 1.25. The summed E-state index contributed by atoms with van der Waals surface area (Å²) in [6, 6.07) is 10.3. The lowest BCUT2D eigenvalue weighted by Crippen LogP contribution is -2.37. The van der Waals surface area contributed by atoms with E-state index in [1.807, 2.05) is 18.2 Å². The second kappa shape index (κ2) is 12.5. The lowest BCUT2D eigenvalue weighted by molar-refractivity contribution is -0.128. The number of nitrogens with zero attached hydrogens (tertiary/aromatic N) is 2. The molecule has 3 amide bonds. The van der Waals surface area contributed by atoms with Crippen LogP contribution in [0.15, 0.2) is 66.9 Å². The van der Waals surface area contributed by atoms with Crippen molar-refractivity contribution in [2.75, 3.05) is 25.5 Å². The number of rotatable bonds is 3. The van der Waals surface area contributed by atoms with E-state index in [0.29, 0.717) is 47.5 Å². The first-order chi connectivity index (χ1) is 20.3. The zero-order valence-electron chi connectivity index (χ0n) is 22.6. The van der Waals surface area contributed by atoms with E-state index < -0.39 is 29.7 Å². The molecule has 2 aromatic carbocycles. The number of fused-ring (bicyclic) bond motifs is 4. The Bertz CT molecular complexity index is 1620. The maximum atomic E-state index is 14.7. The number of benzene rings is 2. The van der Waals surface area contributed by atoms with E-state index >= 15 is 0 Å². The van der Waals surface area contributed by atoms with Crippen molar-refractivity contribution in [1.82, 2.24) is 15.2 Å². The third kappa shape index (κ3) is 6.03. The number of carbonyl (C=O) groups is 3. The van der Waals surface area contributed by atoms with Gasteiger partial charge >= 0.3 is 6.09 Å². The van der Waals surface area contributed by atoms with Crippen LogP contribution in [0.25, 0.3) is 16.7 Å². The van der Waals surface area contributed by atoms with E-state index in [1.54, 1.807) is 35.4 Å². The van der Waals surface area contributed by atoms with E-state index in [1.165, 1.54) is 13.2 Å². The van der Waals surface area contributed by atoms with Crippen molar-refractivity contribution >= 4 is 40.8 Å². The Balaban J connectivity index is 1.53. The Morgan fingerprint density at radius 3 is 2.74 bits per heavy atom. The number of carbonyl (C=O) groups excluding carboxylic acids is 3. The predicted molar refractivity (Wildman–Crippen MR) is 155 cm³/mol. The maximum Gasteiger partial charge on any atom is 0.411 e. The molecular weight excluding hydrogens is 566 g/mol. The first-order valence-electron chi connectivity index (χ1n) is 13.3. The van der Waals surface area contributed by atoms with Crippen LogP contribution in [0.5, 0.6) is 0 Å². The fraction of sp³-hybridized carbons (Fsp3) is 0.226. The molecule has 0 aliphatic carbocycles. The van der Waals surface area contributed by atoms with Gasteiger partial charge in [-0.2, -0.15) is 0 Å². The second-order valence-electron chi connectivity index (χ2n) is 9.78. The van der Waals surface area contributed by atoms with Gasteiger partial charge in [-0.25, -0.2) is 13.6 Å². The first kappa shape index (κ1) is 28.9. The van der Waals surface area contributed by atoms with Gasteiger partial charge in [-0.3, -0.25) is 19.9 Å². The van der Waals surface area contributed by atoms with Gasteiger partial charge in [0.05, 0.1) is 29.4 Å². The van der Waals surface area contributed by atoms with Crippen molar-refractivity contribution in [2.45, 2.75) is 25.3 Å². The molecule has 2 N–H and O–H groups in total. The van der Waals surface area contributed by atoms with Gasteiger partial charge < -0.3 is 15.0 Å². The summed E-state index contributed by atoms with van der Waals surface area (Å²) in [5.41, 5.74) is 2.56. The molecule has 0 fully saturated rings. The molecule has 42 heavy (non-hydrogen) atoms. The number of hydrogen-bond donors (Lipinski definition) is 2. The highest BCUT2D eigenvalue weighted by atomic mass is 35.5. The Hall–Kier alpha value is -4.57. The molecule has 1 atom stereocenters. The minimum absolute atomic E-state index is 0.208. The average molecular weight is 593 g/mol. The van der Waals surface area contributed by atoms with Crippen LogP contribution in [0, 0.1) is 11.6 Å². The van der Waals surface area contributed by atoms with Crippen LogP contribution in [0.3, 0.4) is 0 Å². The quantitative estimate of drug-likeness (QED) is 0.275. The molecule has 0 spiro atoms. The largest absolute Gasteiger partial charge is 0.453 e. The smallest absolute Gasteiger partial charge is 0.411 e. The molecule has 8 nitrogen and oxygen atoms in total. The highest BCUT2D eigenvalue weighted by Crippen LogP contribution is 2.36. The highest BCUT2D eigenvalue weighted by Gasteiger charge is 2.30. The minimum atomic E-state index is -0.893. The van der Waals surface area contributed by atoms with Crippen LogP contribution in [0.1, 0.15) is 46.9 Å². The molecule has 3 heterocycles. The van der Waals surface area contributed by atoms with E-state index in [4.69, 9.17) is 11.6 Å². The number of anilines is 1. The molecule has 1 aromatic heterocycles. The van der Waals surface area contributed by atoms with E-state index in [-0.39, 0.29) is 35.0 Å². The molecular formula is C31H27ClF2N4O4. The fourth-order valence-electron chi connectivity index (χ4n) is 5.13. The topological polar surface area (TPSA) is 101 Å². The van der Waals surface area contributed by atoms with Crippen molar-refractivity contribution in [3.63, 3.8) is 0 Å². The zero-order valence-corrected chi connectivity index (χ0v) is 23.4. The van der Waals surface area contributed by atoms with Crippen molar-refractivity contribution in [3.8, 4) is 11.1 Å². The predicted octanol–water partition coefficient (Wildman–Crippen LogP) is 6.30. The number of amides is 3. The summed E-state index contributed by atoms with van der Waals surface area (Å²) in [6.07, 6.45) is 7.24. The SMILES string of the molecule is COC(=O)Nc1ccc2c(c1)C(=O)NCCC=CCC(N1CCC(c3c(F)ccc(Cl)c3F)=CC1=O)c1cc-2ccn1. The molecule has 5 rings (SSSR count). The highest BCUT2D eigenvalue weighted by molar-refractivity contribution is 6.31. The molecule has 0 radical (unpaired) electrons. The summed E-state index contributed by atoms with van der Waals surface area (Å²) in [6.45, 7) is 0.578. The third-order valence-electron chi connectivity index (χ3n) is 7.20. The molecule has 216 valence electrons. The molecule has 11 heteroatoms. The number of hydrogen-bond acceptors (Lipinski definition) is 5. The van der Waals surface area contributed by atoms with E-state index in [0.717, 1.165) is 12.1 Å². The summed E-state index contributed by atoms with van der Waals surface area (Å²) < 4.78 is 33.9. The number of methoxy groups -OCH3 is 1. The molecule has 3 aromatic rings. The first-order valence-corrected chi connectivity index (χ1v) is 13.7. The number of pyridine rings is 1. The normalized spacial score (nSPS) is 17.2. The number of aromatic nitrogens is 1. The Labute approximate surface area is 246 Å². The van der Waals surface area contributed by atoms with Crippen molar-refractivity contribution in [1.29, 1.82) is 0 Å². The average Bonchev–Trinajstić information content (AvgIpc) is 2.99. The lowest BCUT2D eigenvalue weighted by Gasteiger charge is -2.34. The molecule has 0 saturated heterocycles. The lowest BCUT2D eigenvalue weighted by atomic mass is 9.94. The van der Waals surface area contributed by atoms with Crippen LogP contribution >= 0.6 is 11.6 Å². The van der Waals surface area contributed by atoms with Crippen molar-refractivity contribution < 1.29 is 27.9 Å². The second-order valence-corrected chi connectivity index (χ2v) is 10.2. The number of ether oxygens (including phenoxy) is 1. The van der Waals surface area contributed by atoms with Crippen molar-refractivity contribution in [3.05, 3.63) is 100 Å². The van der Waals surface area contributed by atoms with Gasteiger partial charge in [0.15, 0.2) is 5.82 Å². The summed E-state index contributed by atoms with van der Waals surface area (Å²) in [5.74, 6) is -2.39. The minimum Gasteiger partial charge on any atom is -0.453 e. The summed E-state index contributed by atoms with van der Waals surface area (Å²) >= 11 is 5.88. The van der Waals surface area contributed by atoms with Crippen LogP contribution in [-0.2, 0) is 9.53 Å². The Kier molecular flexibility index (Phi) is 8.63. The van der Waals surface area contributed by atoms with Crippen LogP contribution in [0.2, 0.25) is 5.02 Å². The van der Waals surface area contributed by atoms with Gasteiger partial charge in [0.2, 0.25) is 5.91 Å². The summed E-state index contributed by atoms with van der Waals surface area (Å²) in [5, 5.41) is 5.26. The van der Waals surface area contributed by atoms with Gasteiger partial charge in [-0.1, -0.05) is 29.8 Å². The molecule has 2 aliphatic heterocycles. The molecule has 0 saturated carbocycles. The van der Waals surface area contributed by atoms with E-state index in [9.17, 15) is 23.2 Å². The van der Waals surface area contributed by atoms with Crippen LogP contribution in [-0.4, -0.2) is 48.0 Å². The Morgan fingerprint density at radius 2 is 1.95 bits per heavy atom. The summed E-state index contributed by atoms with van der Waals surface area (Å²) in [4.78, 5) is 44.5. The Morgan fingerprint density at radius 1 is 1.12 bits per heavy atom. The van der Waals surface area contributed by atoms with Crippen molar-refractivity contribution in [2.24, 2.45) is 0 Å². The third-order valence-corrected chi connectivity index (χ3v) is 7.49. The van der Waals surface area contributed by atoms with Gasteiger partial charge in [0, 0.05) is 36.6 Å². The van der Waals surface area contributed by atoms with E-state index in [2.05, 4.69) is 20.4 Å². The van der Waals surface area contributed by atoms with Gasteiger partial charge in [0.25, 0.3) is 5.91 Å². The number of halogens is 3. The zero-order chi connectivity index (χ0) is 29.8. The molecule has 2 bridgehead atoms. The standard InChI is InChI=1S/C31H27ClF2N4O4/c1-42-31(41)37-20-6-7-21-18-10-13-35-25(15-18)26(5-3-2-4-12-36-30(40)22(21)17-20)38-14-11-19(16-27(38)39)28-24(33)9-8-23(32)29(28)34/h2-3,6-10,13,15-17,26H,4-5,11-12,14H2,1H3,(H,36,40)(H,37,41). The fourth-order valence-corrected chi connectivity index (χ4v) is 5.28. The monoisotopic (exact) mass is 592 g/mol. The van der Waals surface area contributed by atoms with Crippen LogP contribution in [0.4, 0.5) is 19.3 Å². The van der Waals surface area contributed by atoms with Gasteiger partial charge in [-0.05, 0) is 72.4 Å². The number of nitrogens with one attached hydrogen (secondary N) is 2. The van der Waals surface area contributed by atoms with Gasteiger partial charge in [-0.15, -0.1) is 0 Å². The van der Waals surface area contributed by atoms with Gasteiger partial charge in [0.1, 0.15) is 5.82 Å². The van der Waals surface area contributed by atoms with Crippen LogP contribution < -0.4 is 10.6 Å². The molecule has 1 unspecified atom stereocenters. The maximum absolute atomic E-state index is 14.7. The molecule has 2 aliphatic rings.